The molecule has 2 nitrogen and oxygen atoms in total. The number of aromatic nitrogens is 1. The molecule has 0 aliphatic rings. The summed E-state index contributed by atoms with van der Waals surface area (Å²) in [5.41, 5.74) is 18.7. The summed E-state index contributed by atoms with van der Waals surface area (Å²) in [6, 6.07) is 92.0. The van der Waals surface area contributed by atoms with E-state index >= 15 is 0 Å². The zero-order chi connectivity index (χ0) is 41.2. The van der Waals surface area contributed by atoms with Crippen LogP contribution in [-0.4, -0.2) is 4.57 Å². The molecule has 11 aromatic rings. The number of hydrogen-bond acceptors (Lipinski definition) is 1. The number of anilines is 3. The van der Waals surface area contributed by atoms with Gasteiger partial charge in [-0.3, -0.25) is 0 Å². The van der Waals surface area contributed by atoms with E-state index in [0.717, 1.165) is 39.4 Å². The van der Waals surface area contributed by atoms with Gasteiger partial charge in [0.1, 0.15) is 0 Å². The maximum atomic E-state index is 2.43. The molecule has 0 spiro atoms. The molecule has 0 atom stereocenters. The minimum Gasteiger partial charge on any atom is -0.309 e. The molecule has 0 unspecified atom stereocenters. The highest BCUT2D eigenvalue weighted by Gasteiger charge is 2.22. The van der Waals surface area contributed by atoms with Crippen molar-refractivity contribution in [3.63, 3.8) is 0 Å². The fourth-order valence-electron chi connectivity index (χ4n) is 9.13. The third-order valence-corrected chi connectivity index (χ3v) is 12.0. The largest absolute Gasteiger partial charge is 0.309 e. The highest BCUT2D eigenvalue weighted by Crippen LogP contribution is 2.46. The van der Waals surface area contributed by atoms with Crippen LogP contribution in [0.25, 0.3) is 83.1 Å². The summed E-state index contributed by atoms with van der Waals surface area (Å²) in [4.78, 5) is 2.43. The van der Waals surface area contributed by atoms with E-state index in [9.17, 15) is 0 Å². The summed E-state index contributed by atoms with van der Waals surface area (Å²) in [7, 11) is 0. The first-order chi connectivity index (χ1) is 30.8. The van der Waals surface area contributed by atoms with Crippen molar-refractivity contribution in [2.75, 3.05) is 4.90 Å². The van der Waals surface area contributed by atoms with Gasteiger partial charge in [0.05, 0.1) is 22.4 Å². The number of hydrogen-bond donors (Lipinski definition) is 0. The molecule has 2 heteroatoms. The van der Waals surface area contributed by atoms with Crippen LogP contribution in [0.15, 0.2) is 255 Å². The maximum absolute atomic E-state index is 2.43. The van der Waals surface area contributed by atoms with Crippen molar-refractivity contribution in [1.29, 1.82) is 0 Å². The Hall–Kier alpha value is -8.20. The fraction of sp³-hybridized carbons (Fsp3) is 0. The number of para-hydroxylation sites is 4. The zero-order valence-electron chi connectivity index (χ0n) is 34.1. The van der Waals surface area contributed by atoms with Gasteiger partial charge in [0.15, 0.2) is 0 Å². The van der Waals surface area contributed by atoms with Gasteiger partial charge in [0, 0.05) is 33.3 Å². The number of rotatable bonds is 9. The van der Waals surface area contributed by atoms with Crippen molar-refractivity contribution in [3.8, 4) is 61.3 Å². The van der Waals surface area contributed by atoms with Gasteiger partial charge in [0.25, 0.3) is 0 Å². The molecular weight excluding hydrogens is 749 g/mol. The molecule has 0 radical (unpaired) electrons. The summed E-state index contributed by atoms with van der Waals surface area (Å²) >= 11 is 0. The summed E-state index contributed by atoms with van der Waals surface area (Å²) in [6.07, 6.45) is 0. The molecule has 0 saturated heterocycles. The third-order valence-electron chi connectivity index (χ3n) is 12.0. The predicted octanol–water partition coefficient (Wildman–Crippen LogP) is 16.6. The van der Waals surface area contributed by atoms with Gasteiger partial charge in [-0.1, -0.05) is 194 Å². The molecule has 62 heavy (non-hydrogen) atoms. The summed E-state index contributed by atoms with van der Waals surface area (Å²) in [6.45, 7) is 0. The molecule has 10 aromatic carbocycles. The summed E-state index contributed by atoms with van der Waals surface area (Å²) in [5, 5.41) is 2.50. The van der Waals surface area contributed by atoms with Crippen molar-refractivity contribution in [3.05, 3.63) is 255 Å². The molecule has 0 saturated carbocycles. The zero-order valence-corrected chi connectivity index (χ0v) is 34.1. The average molecular weight is 791 g/mol. The van der Waals surface area contributed by atoms with Crippen LogP contribution in [0.1, 0.15) is 0 Å². The second kappa shape index (κ2) is 16.1. The van der Waals surface area contributed by atoms with Crippen LogP contribution in [0.4, 0.5) is 17.1 Å². The molecule has 0 aliphatic heterocycles. The van der Waals surface area contributed by atoms with Crippen LogP contribution in [0.3, 0.4) is 0 Å². The van der Waals surface area contributed by atoms with E-state index in [4.69, 9.17) is 0 Å². The Morgan fingerprint density at radius 2 is 0.710 bits per heavy atom. The monoisotopic (exact) mass is 790 g/mol. The molecule has 1 heterocycles. The van der Waals surface area contributed by atoms with Gasteiger partial charge in [0.2, 0.25) is 0 Å². The van der Waals surface area contributed by atoms with Crippen LogP contribution in [0.2, 0.25) is 0 Å². The lowest BCUT2D eigenvalue weighted by Gasteiger charge is -2.30. The maximum Gasteiger partial charge on any atom is 0.0547 e. The Kier molecular flexibility index (Phi) is 9.57. The smallest absolute Gasteiger partial charge is 0.0547 e. The van der Waals surface area contributed by atoms with Crippen molar-refractivity contribution in [1.82, 2.24) is 4.57 Å². The predicted molar refractivity (Wildman–Crippen MR) is 263 cm³/mol. The van der Waals surface area contributed by atoms with Crippen LogP contribution in [0.5, 0.6) is 0 Å². The summed E-state index contributed by atoms with van der Waals surface area (Å²) < 4.78 is 2.39. The second-order valence-electron chi connectivity index (χ2n) is 15.7. The van der Waals surface area contributed by atoms with Crippen LogP contribution in [-0.2, 0) is 0 Å². The van der Waals surface area contributed by atoms with Gasteiger partial charge < -0.3 is 9.47 Å². The normalized spacial score (nSPS) is 11.2. The highest BCUT2D eigenvalue weighted by molar-refractivity contribution is 6.16. The van der Waals surface area contributed by atoms with E-state index in [-0.39, 0.29) is 0 Å². The van der Waals surface area contributed by atoms with E-state index in [2.05, 4.69) is 264 Å². The summed E-state index contributed by atoms with van der Waals surface area (Å²) in [5.74, 6) is 0. The molecule has 0 fully saturated rings. The van der Waals surface area contributed by atoms with E-state index < -0.39 is 0 Å². The van der Waals surface area contributed by atoms with Gasteiger partial charge >= 0.3 is 0 Å². The Morgan fingerprint density at radius 1 is 0.274 bits per heavy atom. The van der Waals surface area contributed by atoms with E-state index in [1.807, 2.05) is 0 Å². The number of fused-ring (bicyclic) bond motifs is 3. The van der Waals surface area contributed by atoms with Gasteiger partial charge in [-0.25, -0.2) is 0 Å². The SMILES string of the molecule is c1ccc(-c2cccc(-c3ccc(N(c4ccccc4-c4ccccc4)c4ccccc4-c4cccc(-c5cccc6c5c5ccccc5n6-c5ccccc5)c4)cc3)c2)cc1. The van der Waals surface area contributed by atoms with Gasteiger partial charge in [-0.2, -0.15) is 0 Å². The van der Waals surface area contributed by atoms with Crippen LogP contribution in [0, 0.1) is 0 Å². The van der Waals surface area contributed by atoms with E-state index in [1.165, 1.54) is 60.8 Å². The molecule has 0 N–H and O–H groups in total. The lowest BCUT2D eigenvalue weighted by atomic mass is 9.94. The standard InChI is InChI=1S/C60H42N2/c1-4-19-43(20-5-1)46-23-16-24-47(41-46)44-37-39-51(40-38-44)61(56-33-13-10-29-52(56)45-21-6-2-7-22-45)57-34-14-11-30-53(57)48-25-17-26-49(42-48)54-32-18-36-59-60(54)55-31-12-15-35-58(55)62(59)50-27-8-3-9-28-50/h1-42H. The van der Waals surface area contributed by atoms with Crippen molar-refractivity contribution in [2.24, 2.45) is 0 Å². The highest BCUT2D eigenvalue weighted by atomic mass is 15.1. The van der Waals surface area contributed by atoms with Crippen molar-refractivity contribution >= 4 is 38.9 Å². The quantitative estimate of drug-likeness (QED) is 0.141. The average Bonchev–Trinajstić information content (AvgIpc) is 3.70. The molecule has 1 aromatic heterocycles. The number of nitrogens with zero attached hydrogens (tertiary/aromatic N) is 2. The second-order valence-corrected chi connectivity index (χ2v) is 15.7. The minimum atomic E-state index is 1.08. The van der Waals surface area contributed by atoms with Gasteiger partial charge in [-0.15, -0.1) is 0 Å². The molecule has 0 aliphatic carbocycles. The first kappa shape index (κ1) is 36.8. The van der Waals surface area contributed by atoms with Crippen LogP contribution >= 0.6 is 0 Å². The van der Waals surface area contributed by atoms with E-state index in [1.54, 1.807) is 0 Å². The Morgan fingerprint density at radius 3 is 1.39 bits per heavy atom. The third kappa shape index (κ3) is 6.74. The number of benzene rings is 10. The molecule has 292 valence electrons. The molecule has 0 bridgehead atoms. The molecular formula is C60H42N2. The molecule has 11 rings (SSSR count). The molecule has 0 amide bonds. The lowest BCUT2D eigenvalue weighted by Crippen LogP contribution is -2.12. The topological polar surface area (TPSA) is 8.17 Å². The lowest BCUT2D eigenvalue weighted by molar-refractivity contribution is 1.18. The van der Waals surface area contributed by atoms with Gasteiger partial charge in [-0.05, 0) is 105 Å². The van der Waals surface area contributed by atoms with Crippen LogP contribution < -0.4 is 4.90 Å². The minimum absolute atomic E-state index is 1.08. The first-order valence-corrected chi connectivity index (χ1v) is 21.3. The fourth-order valence-corrected chi connectivity index (χ4v) is 9.13. The Bertz CT molecular complexity index is 3330. The van der Waals surface area contributed by atoms with Crippen molar-refractivity contribution < 1.29 is 0 Å². The first-order valence-electron chi connectivity index (χ1n) is 21.3. The Balaban J connectivity index is 1.06. The van der Waals surface area contributed by atoms with Crippen molar-refractivity contribution in [2.45, 2.75) is 0 Å². The van der Waals surface area contributed by atoms with E-state index in [0.29, 0.717) is 0 Å². The Labute approximate surface area is 362 Å².